The summed E-state index contributed by atoms with van der Waals surface area (Å²) in [6.07, 6.45) is -1.51. The summed E-state index contributed by atoms with van der Waals surface area (Å²) < 4.78 is 42.4. The minimum Gasteiger partial charge on any atom is -0.481 e. The summed E-state index contributed by atoms with van der Waals surface area (Å²) >= 11 is 0. The van der Waals surface area contributed by atoms with Crippen LogP contribution in [0, 0.1) is 0 Å². The number of hydrogen-bond donors (Lipinski definition) is 0. The Morgan fingerprint density at radius 3 is 2.20 bits per heavy atom. The molecule has 1 fully saturated rings. The molecule has 0 aromatic carbocycles. The molecule has 0 N–H and O–H groups in total. The molecule has 110 valence electrons. The van der Waals surface area contributed by atoms with Crippen molar-refractivity contribution in [1.82, 2.24) is 4.98 Å². The number of nitrogens with zero attached hydrogens (tertiary/aromatic N) is 1. The predicted molar refractivity (Wildman–Crippen MR) is 71.5 cm³/mol. The van der Waals surface area contributed by atoms with Gasteiger partial charge in [-0.15, -0.1) is 0 Å². The number of hydrogen-bond acceptors (Lipinski definition) is 4. The molecular weight excluding hydrogens is 267 g/mol. The predicted octanol–water partition coefficient (Wildman–Crippen LogP) is 2.33. The lowest BCUT2D eigenvalue weighted by Crippen LogP contribution is -2.41. The molecule has 20 heavy (non-hydrogen) atoms. The van der Waals surface area contributed by atoms with Crippen molar-refractivity contribution in [2.45, 2.75) is 45.3 Å². The van der Waals surface area contributed by atoms with Gasteiger partial charge in [0.2, 0.25) is 5.88 Å². The summed E-state index contributed by atoms with van der Waals surface area (Å²) in [5.74, 6) is 0.230. The highest BCUT2D eigenvalue weighted by Crippen LogP contribution is 2.37. The molecule has 1 saturated heterocycles. The maximum absolute atomic E-state index is 12.8. The Morgan fingerprint density at radius 1 is 1.20 bits per heavy atom. The van der Waals surface area contributed by atoms with E-state index in [0.717, 1.165) is 6.20 Å². The van der Waals surface area contributed by atoms with E-state index in [0.29, 0.717) is 5.46 Å². The SMILES string of the molecule is COc1ncc(C(F)F)cc1B1OC(C)(C)C(C)(C)O1. The monoisotopic (exact) mass is 285 g/mol. The van der Waals surface area contributed by atoms with Gasteiger partial charge in [-0.3, -0.25) is 0 Å². The molecule has 0 saturated carbocycles. The van der Waals surface area contributed by atoms with Crippen LogP contribution >= 0.6 is 0 Å². The second-order valence-electron chi connectivity index (χ2n) is 5.76. The Labute approximate surface area is 117 Å². The molecule has 4 nitrogen and oxygen atoms in total. The van der Waals surface area contributed by atoms with Gasteiger partial charge in [0.05, 0.1) is 18.3 Å². The van der Waals surface area contributed by atoms with Crippen LogP contribution in [0.25, 0.3) is 0 Å². The molecule has 0 spiro atoms. The molecule has 1 aliphatic heterocycles. The molecule has 0 amide bonds. The van der Waals surface area contributed by atoms with E-state index in [1.54, 1.807) is 0 Å². The third kappa shape index (κ3) is 2.52. The number of pyridine rings is 1. The fraction of sp³-hybridized carbons (Fsp3) is 0.615. The zero-order chi connectivity index (χ0) is 15.1. The van der Waals surface area contributed by atoms with Gasteiger partial charge >= 0.3 is 7.12 Å². The number of alkyl halides is 2. The fourth-order valence-electron chi connectivity index (χ4n) is 1.92. The van der Waals surface area contributed by atoms with E-state index < -0.39 is 24.7 Å². The van der Waals surface area contributed by atoms with Gasteiger partial charge in [-0.1, -0.05) is 0 Å². The molecule has 7 heteroatoms. The molecule has 2 rings (SSSR count). The third-order valence-electron chi connectivity index (χ3n) is 3.85. The first kappa shape index (κ1) is 15.2. The molecule has 0 radical (unpaired) electrons. The molecular formula is C13H18BF2NO3. The second kappa shape index (κ2) is 4.97. The maximum atomic E-state index is 12.8. The second-order valence-corrected chi connectivity index (χ2v) is 5.76. The summed E-state index contributed by atoms with van der Waals surface area (Å²) in [4.78, 5) is 3.90. The van der Waals surface area contributed by atoms with Gasteiger partial charge in [0.25, 0.3) is 6.43 Å². The first-order chi connectivity index (χ1) is 9.18. The number of methoxy groups -OCH3 is 1. The molecule has 0 unspecified atom stereocenters. The van der Waals surface area contributed by atoms with Crippen LogP contribution in [0.2, 0.25) is 0 Å². The van der Waals surface area contributed by atoms with Gasteiger partial charge in [0, 0.05) is 17.2 Å². The molecule has 1 aromatic heterocycles. The van der Waals surface area contributed by atoms with Crippen molar-refractivity contribution in [3.63, 3.8) is 0 Å². The van der Waals surface area contributed by atoms with Crippen molar-refractivity contribution in [2.75, 3.05) is 7.11 Å². The minimum absolute atomic E-state index is 0.185. The molecule has 2 heterocycles. The average molecular weight is 285 g/mol. The number of ether oxygens (including phenoxy) is 1. The highest BCUT2D eigenvalue weighted by Gasteiger charge is 2.52. The molecule has 1 aliphatic rings. The van der Waals surface area contributed by atoms with Gasteiger partial charge in [-0.2, -0.15) is 0 Å². The molecule has 1 aromatic rings. The topological polar surface area (TPSA) is 40.6 Å². The van der Waals surface area contributed by atoms with Crippen LogP contribution in [0.5, 0.6) is 5.88 Å². The number of halogens is 2. The molecule has 0 aliphatic carbocycles. The summed E-state index contributed by atoms with van der Waals surface area (Å²) in [5.41, 5.74) is -0.910. The summed E-state index contributed by atoms with van der Waals surface area (Å²) in [5, 5.41) is 0. The van der Waals surface area contributed by atoms with Gasteiger partial charge in [0.1, 0.15) is 0 Å². The molecule has 0 atom stereocenters. The van der Waals surface area contributed by atoms with E-state index >= 15 is 0 Å². The van der Waals surface area contributed by atoms with Crippen LogP contribution in [0.1, 0.15) is 39.7 Å². The Bertz CT molecular complexity index is 492. The standard InChI is InChI=1S/C13H18BF2NO3/c1-12(2)13(3,4)20-14(19-12)9-6-8(10(15)16)7-17-11(9)18-5/h6-7,10H,1-5H3. The van der Waals surface area contributed by atoms with Crippen LogP contribution in [0.4, 0.5) is 8.78 Å². The van der Waals surface area contributed by atoms with Crippen molar-refractivity contribution in [2.24, 2.45) is 0 Å². The van der Waals surface area contributed by atoms with E-state index in [2.05, 4.69) is 4.98 Å². The fourth-order valence-corrected chi connectivity index (χ4v) is 1.92. The zero-order valence-electron chi connectivity index (χ0n) is 12.2. The summed E-state index contributed by atoms with van der Waals surface area (Å²) in [6, 6.07) is 1.32. The van der Waals surface area contributed by atoms with Crippen LogP contribution in [0.3, 0.4) is 0 Å². The Hall–Kier alpha value is -1.21. The van der Waals surface area contributed by atoms with E-state index in [1.807, 2.05) is 27.7 Å². The zero-order valence-corrected chi connectivity index (χ0v) is 12.2. The van der Waals surface area contributed by atoms with Crippen molar-refractivity contribution in [1.29, 1.82) is 0 Å². The normalized spacial score (nSPS) is 20.5. The number of rotatable bonds is 3. The van der Waals surface area contributed by atoms with Gasteiger partial charge in [0.15, 0.2) is 0 Å². The third-order valence-corrected chi connectivity index (χ3v) is 3.85. The van der Waals surface area contributed by atoms with E-state index in [1.165, 1.54) is 13.2 Å². The maximum Gasteiger partial charge on any atom is 0.500 e. The Morgan fingerprint density at radius 2 is 1.75 bits per heavy atom. The lowest BCUT2D eigenvalue weighted by molar-refractivity contribution is 0.00578. The van der Waals surface area contributed by atoms with Crippen molar-refractivity contribution >= 4 is 12.6 Å². The van der Waals surface area contributed by atoms with Crippen LogP contribution in [0.15, 0.2) is 12.3 Å². The first-order valence-electron chi connectivity index (χ1n) is 6.35. The summed E-state index contributed by atoms with van der Waals surface area (Å²) in [6.45, 7) is 7.57. The largest absolute Gasteiger partial charge is 0.500 e. The van der Waals surface area contributed by atoms with Crippen molar-refractivity contribution in [3.05, 3.63) is 17.8 Å². The van der Waals surface area contributed by atoms with Gasteiger partial charge < -0.3 is 14.0 Å². The van der Waals surface area contributed by atoms with Crippen molar-refractivity contribution < 1.29 is 22.8 Å². The van der Waals surface area contributed by atoms with E-state index in [9.17, 15) is 8.78 Å². The Kier molecular flexibility index (Phi) is 3.77. The van der Waals surface area contributed by atoms with Gasteiger partial charge in [-0.05, 0) is 33.8 Å². The smallest absolute Gasteiger partial charge is 0.481 e. The Balaban J connectivity index is 2.40. The quantitative estimate of drug-likeness (QED) is 0.799. The lowest BCUT2D eigenvalue weighted by Gasteiger charge is -2.32. The van der Waals surface area contributed by atoms with Crippen LogP contribution < -0.4 is 10.2 Å². The van der Waals surface area contributed by atoms with E-state index in [-0.39, 0.29) is 11.4 Å². The summed E-state index contributed by atoms with van der Waals surface area (Å²) in [7, 11) is 0.653. The minimum atomic E-state index is -2.60. The van der Waals surface area contributed by atoms with Crippen molar-refractivity contribution in [3.8, 4) is 5.88 Å². The average Bonchev–Trinajstić information content (AvgIpc) is 2.57. The first-order valence-corrected chi connectivity index (χ1v) is 6.35. The van der Waals surface area contributed by atoms with Crippen LogP contribution in [-0.2, 0) is 9.31 Å². The molecule has 0 bridgehead atoms. The highest BCUT2D eigenvalue weighted by molar-refractivity contribution is 6.63. The van der Waals surface area contributed by atoms with E-state index in [4.69, 9.17) is 14.0 Å². The van der Waals surface area contributed by atoms with Crippen LogP contribution in [-0.4, -0.2) is 30.4 Å². The lowest BCUT2D eigenvalue weighted by atomic mass is 9.79. The number of aromatic nitrogens is 1. The highest BCUT2D eigenvalue weighted by atomic mass is 19.3. The van der Waals surface area contributed by atoms with Gasteiger partial charge in [-0.25, -0.2) is 13.8 Å².